The molecule has 0 saturated carbocycles. The van der Waals surface area contributed by atoms with E-state index in [0.717, 1.165) is 106 Å². The number of pyridine rings is 2. The molecule has 7 aromatic carbocycles. The van der Waals surface area contributed by atoms with Crippen molar-refractivity contribution in [3.05, 3.63) is 252 Å². The summed E-state index contributed by atoms with van der Waals surface area (Å²) in [5.74, 6) is 3.78. The lowest BCUT2D eigenvalue weighted by Gasteiger charge is -2.31. The molecule has 0 bridgehead atoms. The Morgan fingerprint density at radius 3 is 1.66 bits per heavy atom. The number of nitrogens with one attached hydrogen (secondary N) is 3. The van der Waals surface area contributed by atoms with E-state index in [1.807, 2.05) is 60.7 Å². The van der Waals surface area contributed by atoms with Gasteiger partial charge in [0.15, 0.2) is 12.0 Å². The Morgan fingerprint density at radius 1 is 0.397 bits per heavy atom. The second-order valence-corrected chi connectivity index (χ2v) is 17.0. The monoisotopic (exact) mass is 878 g/mol. The van der Waals surface area contributed by atoms with Crippen LogP contribution in [0.5, 0.6) is 0 Å². The van der Waals surface area contributed by atoms with Crippen molar-refractivity contribution in [2.24, 2.45) is 15.0 Å². The molecule has 2 unspecified atom stereocenters. The molecule has 11 aromatic rings. The van der Waals surface area contributed by atoms with E-state index in [-0.39, 0.29) is 12.3 Å². The van der Waals surface area contributed by atoms with E-state index in [0.29, 0.717) is 0 Å². The van der Waals surface area contributed by atoms with Crippen LogP contribution >= 0.6 is 0 Å². The number of benzene rings is 7. The smallest absolute Gasteiger partial charge is 0.186 e. The highest BCUT2D eigenvalue weighted by Gasteiger charge is 2.28. The van der Waals surface area contributed by atoms with E-state index in [4.69, 9.17) is 24.9 Å². The molecule has 10 heteroatoms. The predicted octanol–water partition coefficient (Wildman–Crippen LogP) is 11.5. The van der Waals surface area contributed by atoms with E-state index < -0.39 is 6.17 Å². The zero-order valence-corrected chi connectivity index (χ0v) is 36.6. The van der Waals surface area contributed by atoms with Crippen molar-refractivity contribution >= 4 is 61.1 Å². The van der Waals surface area contributed by atoms with Crippen molar-refractivity contribution in [3.8, 4) is 11.6 Å². The molecule has 3 N–H and O–H groups in total. The molecule has 0 fully saturated rings. The summed E-state index contributed by atoms with van der Waals surface area (Å²) < 4.78 is 4.59. The first-order valence-corrected chi connectivity index (χ1v) is 22.9. The summed E-state index contributed by atoms with van der Waals surface area (Å²) in [5, 5.41) is 15.4. The summed E-state index contributed by atoms with van der Waals surface area (Å²) in [4.78, 5) is 26.4. The van der Waals surface area contributed by atoms with E-state index in [1.165, 1.54) is 0 Å². The lowest BCUT2D eigenvalue weighted by molar-refractivity contribution is 0.408. The van der Waals surface area contributed by atoms with Crippen LogP contribution in [0.25, 0.3) is 55.2 Å². The highest BCUT2D eigenvalue weighted by molar-refractivity contribution is 6.26. The molecule has 13 rings (SSSR count). The van der Waals surface area contributed by atoms with Gasteiger partial charge in [-0.3, -0.25) is 14.5 Å². The van der Waals surface area contributed by atoms with Crippen molar-refractivity contribution in [2.75, 3.05) is 0 Å². The lowest BCUT2D eigenvalue weighted by atomic mass is 10.1. The van der Waals surface area contributed by atoms with Crippen molar-refractivity contribution in [1.29, 1.82) is 0 Å². The minimum atomic E-state index is -0.583. The molecule has 324 valence electrons. The summed E-state index contributed by atoms with van der Waals surface area (Å²) in [6.45, 7) is 0. The number of aromatic nitrogens is 4. The molecule has 10 nitrogen and oxygen atoms in total. The van der Waals surface area contributed by atoms with Crippen molar-refractivity contribution in [1.82, 2.24) is 35.1 Å². The van der Waals surface area contributed by atoms with Gasteiger partial charge in [0, 0.05) is 32.7 Å². The van der Waals surface area contributed by atoms with Gasteiger partial charge in [0.2, 0.25) is 0 Å². The van der Waals surface area contributed by atoms with E-state index >= 15 is 0 Å². The zero-order valence-electron chi connectivity index (χ0n) is 36.6. The number of hydrogen-bond donors (Lipinski definition) is 3. The van der Waals surface area contributed by atoms with Gasteiger partial charge in [-0.25, -0.2) is 24.9 Å². The zero-order chi connectivity index (χ0) is 45.0. The average molecular weight is 879 g/mol. The van der Waals surface area contributed by atoms with Crippen LogP contribution in [-0.4, -0.2) is 36.6 Å². The highest BCUT2D eigenvalue weighted by Crippen LogP contribution is 2.42. The van der Waals surface area contributed by atoms with Crippen LogP contribution in [0.3, 0.4) is 0 Å². The van der Waals surface area contributed by atoms with E-state index in [2.05, 4.69) is 183 Å². The van der Waals surface area contributed by atoms with Gasteiger partial charge in [0.1, 0.15) is 41.3 Å². The van der Waals surface area contributed by atoms with Crippen LogP contribution in [0.4, 0.5) is 0 Å². The highest BCUT2D eigenvalue weighted by atomic mass is 15.3. The standard InChI is InChI=1S/C58H42N10/c1-5-19-37(20-6-1)53-61-54(38-21-7-2-8-22-38)64-57(63-53)44-29-17-33-49(59-44)67-47-32-16-14-28-43(47)51-48(67)36-35-42-41-27-13-15-31-46(41)68(52(42)51)50-34-18-30-45(60-50)58-65-55(39-23-9-3-10-24-39)62-56(66-58)40-25-11-4-12-26-40/h1-36,53-54,58,61H,(H,63,64)(H,62,65,66). The summed E-state index contributed by atoms with van der Waals surface area (Å²) >= 11 is 0. The maximum Gasteiger partial charge on any atom is 0.186 e. The maximum absolute atomic E-state index is 5.44. The molecular formula is C58H42N10. The van der Waals surface area contributed by atoms with Crippen LogP contribution in [0.15, 0.2) is 233 Å². The van der Waals surface area contributed by atoms with Gasteiger partial charge in [-0.05, 0) is 53.6 Å². The minimum Gasteiger partial charge on any atom is -0.349 e. The average Bonchev–Trinajstić information content (AvgIpc) is 3.95. The first kappa shape index (κ1) is 39.4. The predicted molar refractivity (Wildman–Crippen MR) is 274 cm³/mol. The number of nitrogens with zero attached hydrogens (tertiary/aromatic N) is 7. The number of aliphatic imine (C=N–C) groups is 3. The fourth-order valence-electron chi connectivity index (χ4n) is 9.76. The molecule has 6 heterocycles. The summed E-state index contributed by atoms with van der Waals surface area (Å²) in [5.41, 5.74) is 9.83. The first-order chi connectivity index (χ1) is 33.7. The fourth-order valence-corrected chi connectivity index (χ4v) is 9.76. The van der Waals surface area contributed by atoms with Crippen LogP contribution in [-0.2, 0) is 0 Å². The third-order valence-corrected chi connectivity index (χ3v) is 12.9. The largest absolute Gasteiger partial charge is 0.349 e. The topological polar surface area (TPSA) is 109 Å². The number of hydrogen-bond acceptors (Lipinski definition) is 8. The van der Waals surface area contributed by atoms with Crippen LogP contribution in [0.1, 0.15) is 52.1 Å². The van der Waals surface area contributed by atoms with Gasteiger partial charge in [0.05, 0.1) is 27.8 Å². The molecule has 0 amide bonds. The summed E-state index contributed by atoms with van der Waals surface area (Å²) in [6.07, 6.45) is -1.04. The summed E-state index contributed by atoms with van der Waals surface area (Å²) in [7, 11) is 0. The van der Waals surface area contributed by atoms with Crippen LogP contribution < -0.4 is 16.0 Å². The van der Waals surface area contributed by atoms with Gasteiger partial charge in [-0.1, -0.05) is 176 Å². The van der Waals surface area contributed by atoms with Gasteiger partial charge >= 0.3 is 0 Å². The Balaban J connectivity index is 0.976. The van der Waals surface area contributed by atoms with Crippen LogP contribution in [0.2, 0.25) is 0 Å². The van der Waals surface area contributed by atoms with E-state index in [9.17, 15) is 0 Å². The molecule has 2 aliphatic heterocycles. The molecule has 68 heavy (non-hydrogen) atoms. The van der Waals surface area contributed by atoms with Gasteiger partial charge in [-0.2, -0.15) is 0 Å². The fraction of sp³-hybridized carbons (Fsp3) is 0.0517. The third kappa shape index (κ3) is 6.81. The van der Waals surface area contributed by atoms with Crippen molar-refractivity contribution < 1.29 is 0 Å². The van der Waals surface area contributed by atoms with Gasteiger partial charge in [0.25, 0.3) is 0 Å². The molecule has 4 aromatic heterocycles. The SMILES string of the molecule is c1ccc(C2=NC(c3cccc(-n4c5ccccc5c5ccc6c(c7ccccc7n6-c6cccc(C7=NC(c8ccccc8)NC(c8ccccc8)N7)n6)c54)n3)N=C(c3ccccc3)N2)cc1. The molecule has 2 aliphatic rings. The number of fused-ring (bicyclic) bond motifs is 7. The quantitative estimate of drug-likeness (QED) is 0.141. The van der Waals surface area contributed by atoms with Gasteiger partial charge in [-0.15, -0.1) is 0 Å². The van der Waals surface area contributed by atoms with Crippen molar-refractivity contribution in [2.45, 2.75) is 18.5 Å². The second-order valence-electron chi connectivity index (χ2n) is 17.0. The molecule has 2 atom stereocenters. The number of rotatable bonds is 8. The third-order valence-electron chi connectivity index (χ3n) is 12.9. The molecular weight excluding hydrogens is 837 g/mol. The lowest BCUT2D eigenvalue weighted by Crippen LogP contribution is -2.45. The molecule has 0 radical (unpaired) electrons. The Labute approximate surface area is 391 Å². The Kier molecular flexibility index (Phi) is 9.54. The Bertz CT molecular complexity index is 3730. The second kappa shape index (κ2) is 16.5. The maximum atomic E-state index is 5.44. The van der Waals surface area contributed by atoms with Crippen molar-refractivity contribution in [3.63, 3.8) is 0 Å². The Morgan fingerprint density at radius 2 is 0.971 bits per heavy atom. The van der Waals surface area contributed by atoms with E-state index in [1.54, 1.807) is 0 Å². The summed E-state index contributed by atoms with van der Waals surface area (Å²) in [6, 6.07) is 75.2. The minimum absolute atomic E-state index is 0.180. The normalized spacial score (nSPS) is 16.3. The molecule has 0 saturated heterocycles. The molecule has 0 spiro atoms. The van der Waals surface area contributed by atoms with Crippen LogP contribution in [0, 0.1) is 0 Å². The van der Waals surface area contributed by atoms with Gasteiger partial charge < -0.3 is 10.6 Å². The first-order valence-electron chi connectivity index (χ1n) is 22.9. The Hall–Kier alpha value is -8.99. The number of amidine groups is 3. The molecule has 0 aliphatic carbocycles. The number of para-hydroxylation sites is 2.